The second-order valence-corrected chi connectivity index (χ2v) is 2.01. The Balaban J connectivity index is 0. The Bertz CT molecular complexity index is 158. The number of carboxylic acid groups (broad SMARTS) is 1. The quantitative estimate of drug-likeness (QED) is 0.642. The highest BCUT2D eigenvalue weighted by molar-refractivity contribution is 5.68. The van der Waals surface area contributed by atoms with E-state index in [4.69, 9.17) is 5.11 Å². The summed E-state index contributed by atoms with van der Waals surface area (Å²) in [6.07, 6.45) is -5.81. The number of hydrogen-bond donors (Lipinski definition) is 1. The summed E-state index contributed by atoms with van der Waals surface area (Å²) in [6, 6.07) is 0. The monoisotopic (exact) mass is 188 g/mol. The minimum Gasteiger partial charge on any atom is -0.481 e. The van der Waals surface area contributed by atoms with Crippen LogP contribution in [-0.4, -0.2) is 11.1 Å². The number of rotatable bonds is 1. The van der Waals surface area contributed by atoms with E-state index < -0.39 is 18.1 Å². The molecule has 0 radical (unpaired) electrons. The third-order valence-corrected chi connectivity index (χ3v) is 0.637. The van der Waals surface area contributed by atoms with Crippen molar-refractivity contribution in [2.24, 2.45) is 5.92 Å². The van der Waals surface area contributed by atoms with Crippen LogP contribution in [0.25, 0.3) is 0 Å². The minimum absolute atomic E-state index is 0.231. The van der Waals surface area contributed by atoms with Crippen LogP contribution < -0.4 is 0 Å². The standard InChI is InChI=1S/C4H8O2.C2F4/c1-3(2)4(5)6;3-1(4)2(5)6/h3H,1-2H3,(H,5,6);. The zero-order chi connectivity index (χ0) is 10.3. The van der Waals surface area contributed by atoms with Gasteiger partial charge >= 0.3 is 18.1 Å². The molecule has 0 aromatic carbocycles. The summed E-state index contributed by atoms with van der Waals surface area (Å²) in [5, 5.41) is 7.99. The third kappa shape index (κ3) is 11.7. The molecule has 2 nitrogen and oxygen atoms in total. The summed E-state index contributed by atoms with van der Waals surface area (Å²) in [4.78, 5) is 9.70. The second kappa shape index (κ2) is 6.63. The maximum Gasteiger partial charge on any atom is 0.334 e. The second-order valence-electron chi connectivity index (χ2n) is 2.01. The molecule has 0 aliphatic heterocycles. The number of aliphatic carboxylic acids is 1. The lowest BCUT2D eigenvalue weighted by atomic mass is 10.2. The van der Waals surface area contributed by atoms with Crippen molar-refractivity contribution >= 4 is 5.97 Å². The van der Waals surface area contributed by atoms with Crippen molar-refractivity contribution in [3.8, 4) is 0 Å². The fourth-order valence-corrected chi connectivity index (χ4v) is 0. The van der Waals surface area contributed by atoms with E-state index in [1.165, 1.54) is 0 Å². The maximum atomic E-state index is 10.3. The molecule has 0 saturated heterocycles. The zero-order valence-electron chi connectivity index (χ0n) is 6.44. The highest BCUT2D eigenvalue weighted by Crippen LogP contribution is 2.08. The number of carbonyl (C=O) groups is 1. The van der Waals surface area contributed by atoms with Gasteiger partial charge in [-0.3, -0.25) is 4.79 Å². The molecular weight excluding hydrogens is 180 g/mol. The first-order valence-electron chi connectivity index (χ1n) is 2.88. The normalized spacial score (nSPS) is 8.58. The van der Waals surface area contributed by atoms with E-state index in [1.54, 1.807) is 13.8 Å². The van der Waals surface area contributed by atoms with Crippen molar-refractivity contribution in [3.63, 3.8) is 0 Å². The molecule has 0 aromatic rings. The van der Waals surface area contributed by atoms with Crippen LogP contribution in [-0.2, 0) is 4.79 Å². The van der Waals surface area contributed by atoms with Crippen LogP contribution in [0.1, 0.15) is 13.8 Å². The van der Waals surface area contributed by atoms with Gasteiger partial charge in [-0.05, 0) is 0 Å². The minimum atomic E-state index is -2.91. The van der Waals surface area contributed by atoms with Crippen molar-refractivity contribution in [1.82, 2.24) is 0 Å². The molecule has 12 heavy (non-hydrogen) atoms. The maximum absolute atomic E-state index is 10.3. The van der Waals surface area contributed by atoms with E-state index in [0.29, 0.717) is 0 Å². The average Bonchev–Trinajstić information content (AvgIpc) is 1.88. The summed E-state index contributed by atoms with van der Waals surface area (Å²) in [6.45, 7) is 3.28. The fraction of sp³-hybridized carbons (Fsp3) is 0.500. The topological polar surface area (TPSA) is 37.3 Å². The molecule has 72 valence electrons. The largest absolute Gasteiger partial charge is 0.481 e. The smallest absolute Gasteiger partial charge is 0.334 e. The Morgan fingerprint density at radius 1 is 1.08 bits per heavy atom. The summed E-state index contributed by atoms with van der Waals surface area (Å²) in [7, 11) is 0. The molecule has 0 fully saturated rings. The van der Waals surface area contributed by atoms with Crippen LogP contribution in [0.5, 0.6) is 0 Å². The molecule has 6 heteroatoms. The molecule has 1 N–H and O–H groups in total. The summed E-state index contributed by atoms with van der Waals surface area (Å²) in [5.41, 5.74) is 0. The van der Waals surface area contributed by atoms with Gasteiger partial charge < -0.3 is 5.11 Å². The van der Waals surface area contributed by atoms with Gasteiger partial charge in [0.15, 0.2) is 0 Å². The van der Waals surface area contributed by atoms with Crippen LogP contribution in [0.2, 0.25) is 0 Å². The number of halogens is 4. The summed E-state index contributed by atoms with van der Waals surface area (Å²) < 4.78 is 41.1. The van der Waals surface area contributed by atoms with Gasteiger partial charge in [-0.25, -0.2) is 0 Å². The molecule has 0 aromatic heterocycles. The summed E-state index contributed by atoms with van der Waals surface area (Å²) >= 11 is 0. The SMILES string of the molecule is CC(C)C(=O)O.FC(F)=C(F)F. The van der Waals surface area contributed by atoms with Crippen molar-refractivity contribution in [3.05, 3.63) is 12.2 Å². The molecule has 0 aliphatic carbocycles. The molecule has 0 heterocycles. The molecule has 0 aliphatic rings. The lowest BCUT2D eigenvalue weighted by Gasteiger charge is -1.89. The molecule has 0 spiro atoms. The molecular formula is C6H8F4O2. The van der Waals surface area contributed by atoms with Crippen LogP contribution in [0.3, 0.4) is 0 Å². The van der Waals surface area contributed by atoms with Gasteiger partial charge in [0.05, 0.1) is 5.92 Å². The lowest BCUT2D eigenvalue weighted by Crippen LogP contribution is -2.03. The van der Waals surface area contributed by atoms with Gasteiger partial charge in [0.2, 0.25) is 0 Å². The van der Waals surface area contributed by atoms with Crippen LogP contribution in [0, 0.1) is 5.92 Å². The fourth-order valence-electron chi connectivity index (χ4n) is 0. The lowest BCUT2D eigenvalue weighted by molar-refractivity contribution is -0.140. The first kappa shape index (κ1) is 13.5. The van der Waals surface area contributed by atoms with Crippen molar-refractivity contribution in [1.29, 1.82) is 0 Å². The first-order chi connectivity index (χ1) is 5.29. The number of carboxylic acids is 1. The Kier molecular flexibility index (Phi) is 7.47. The van der Waals surface area contributed by atoms with Gasteiger partial charge in [0.1, 0.15) is 0 Å². The van der Waals surface area contributed by atoms with E-state index >= 15 is 0 Å². The molecule has 0 rings (SSSR count). The number of hydrogen-bond acceptors (Lipinski definition) is 1. The average molecular weight is 188 g/mol. The van der Waals surface area contributed by atoms with Gasteiger partial charge in [-0.15, -0.1) is 0 Å². The predicted octanol–water partition coefficient (Wildman–Crippen LogP) is 2.72. The van der Waals surface area contributed by atoms with Crippen LogP contribution in [0.4, 0.5) is 17.6 Å². The van der Waals surface area contributed by atoms with E-state index in [9.17, 15) is 22.4 Å². The van der Waals surface area contributed by atoms with Crippen molar-refractivity contribution in [2.75, 3.05) is 0 Å². The van der Waals surface area contributed by atoms with Gasteiger partial charge in [0.25, 0.3) is 0 Å². The summed E-state index contributed by atoms with van der Waals surface area (Å²) in [5.74, 6) is -0.972. The highest BCUT2D eigenvalue weighted by Gasteiger charge is 1.99. The Labute approximate surface area is 66.5 Å². The van der Waals surface area contributed by atoms with E-state index in [1.807, 2.05) is 0 Å². The highest BCUT2D eigenvalue weighted by atomic mass is 19.3. The van der Waals surface area contributed by atoms with Crippen LogP contribution >= 0.6 is 0 Å². The van der Waals surface area contributed by atoms with E-state index in [0.717, 1.165) is 0 Å². The van der Waals surface area contributed by atoms with E-state index in [-0.39, 0.29) is 5.92 Å². The van der Waals surface area contributed by atoms with Gasteiger partial charge in [0, 0.05) is 0 Å². The molecule has 0 unspecified atom stereocenters. The Hall–Kier alpha value is -1.07. The van der Waals surface area contributed by atoms with Crippen molar-refractivity contribution in [2.45, 2.75) is 13.8 Å². The predicted molar refractivity (Wildman–Crippen MR) is 33.9 cm³/mol. The Morgan fingerprint density at radius 2 is 1.25 bits per heavy atom. The Morgan fingerprint density at radius 3 is 1.25 bits per heavy atom. The van der Waals surface area contributed by atoms with Crippen LogP contribution in [0.15, 0.2) is 12.2 Å². The van der Waals surface area contributed by atoms with Gasteiger partial charge in [-0.2, -0.15) is 17.6 Å². The molecule has 0 amide bonds. The zero-order valence-corrected chi connectivity index (χ0v) is 6.44. The molecule has 0 saturated carbocycles. The first-order valence-corrected chi connectivity index (χ1v) is 2.88. The van der Waals surface area contributed by atoms with Gasteiger partial charge in [-0.1, -0.05) is 13.8 Å². The molecule has 0 atom stereocenters. The molecule has 0 bridgehead atoms. The third-order valence-electron chi connectivity index (χ3n) is 0.637. The van der Waals surface area contributed by atoms with Crippen molar-refractivity contribution < 1.29 is 27.5 Å². The van der Waals surface area contributed by atoms with E-state index in [2.05, 4.69) is 0 Å².